The van der Waals surface area contributed by atoms with Gasteiger partial charge in [-0.3, -0.25) is 0 Å². The second kappa shape index (κ2) is 13.9. The van der Waals surface area contributed by atoms with Crippen molar-refractivity contribution in [3.8, 4) is 39.3 Å². The lowest BCUT2D eigenvalue weighted by Gasteiger charge is -2.21. The van der Waals surface area contributed by atoms with Crippen LogP contribution < -0.4 is 0 Å². The van der Waals surface area contributed by atoms with Crippen LogP contribution in [0.4, 0.5) is 0 Å². The zero-order valence-corrected chi connectivity index (χ0v) is 35.7. The Kier molecular flexibility index (Phi) is 7.83. The van der Waals surface area contributed by atoms with Crippen molar-refractivity contribution in [1.29, 1.82) is 0 Å². The average molecular weight is 820 g/mol. The van der Waals surface area contributed by atoms with E-state index in [0.717, 1.165) is 44.9 Å². The fourth-order valence-corrected chi connectivity index (χ4v) is 11.8. The van der Waals surface area contributed by atoms with Crippen molar-refractivity contribution in [2.45, 2.75) is 44.9 Å². The number of aryl methyl sites for hydroxylation is 2. The van der Waals surface area contributed by atoms with E-state index in [2.05, 4.69) is 202 Å². The lowest BCUT2D eigenvalue weighted by atomic mass is 9.90. The molecular weight excluding hydrogens is 775 g/mol. The maximum atomic E-state index is 2.54. The van der Waals surface area contributed by atoms with E-state index in [9.17, 15) is 0 Å². The first-order valence-electron chi connectivity index (χ1n) is 23.1. The van der Waals surface area contributed by atoms with E-state index in [4.69, 9.17) is 0 Å². The number of para-hydroxylation sites is 3. The lowest BCUT2D eigenvalue weighted by molar-refractivity contribution is 0.897. The quantitative estimate of drug-likeness (QED) is 0.164. The fourth-order valence-electron chi connectivity index (χ4n) is 11.8. The van der Waals surface area contributed by atoms with Crippen LogP contribution in [0.5, 0.6) is 0 Å². The van der Waals surface area contributed by atoms with Gasteiger partial charge in [0.05, 0.1) is 16.6 Å². The Morgan fingerprint density at radius 3 is 1.73 bits per heavy atom. The molecule has 3 heteroatoms. The molecule has 0 bridgehead atoms. The number of rotatable bonds is 5. The molecule has 4 aliphatic carbocycles. The van der Waals surface area contributed by atoms with E-state index < -0.39 is 0 Å². The first-order chi connectivity index (χ1) is 31.7. The van der Waals surface area contributed by atoms with Gasteiger partial charge in [0.25, 0.3) is 0 Å². The molecule has 0 radical (unpaired) electrons. The summed E-state index contributed by atoms with van der Waals surface area (Å²) < 4.78 is 7.61. The van der Waals surface area contributed by atoms with Gasteiger partial charge >= 0.3 is 0 Å². The number of hydrogen-bond acceptors (Lipinski definition) is 0. The molecule has 7 aromatic carbocycles. The van der Waals surface area contributed by atoms with Gasteiger partial charge in [-0.2, -0.15) is 0 Å². The Hall–Kier alpha value is -7.62. The largest absolute Gasteiger partial charge is 0.313 e. The van der Waals surface area contributed by atoms with Crippen LogP contribution in [0.3, 0.4) is 0 Å². The molecule has 0 saturated carbocycles. The van der Waals surface area contributed by atoms with Gasteiger partial charge in [0.15, 0.2) is 0 Å². The first-order valence-corrected chi connectivity index (χ1v) is 23.1. The molecule has 0 fully saturated rings. The molecular formula is C61H45N3. The summed E-state index contributed by atoms with van der Waals surface area (Å²) >= 11 is 0. The molecule has 3 nitrogen and oxygen atoms in total. The van der Waals surface area contributed by atoms with Crippen molar-refractivity contribution in [2.24, 2.45) is 0 Å². The Morgan fingerprint density at radius 1 is 0.391 bits per heavy atom. The van der Waals surface area contributed by atoms with Crippen LogP contribution in [-0.4, -0.2) is 13.7 Å². The highest BCUT2D eigenvalue weighted by Crippen LogP contribution is 2.44. The minimum absolute atomic E-state index is 0.949. The van der Waals surface area contributed by atoms with E-state index in [1.807, 2.05) is 0 Å². The van der Waals surface area contributed by atoms with Gasteiger partial charge in [0.1, 0.15) is 0 Å². The number of benzene rings is 7. The molecule has 3 aromatic heterocycles. The highest BCUT2D eigenvalue weighted by Gasteiger charge is 2.26. The zero-order chi connectivity index (χ0) is 41.9. The maximum absolute atomic E-state index is 2.54. The number of hydrogen-bond donors (Lipinski definition) is 0. The normalized spacial score (nSPS) is 14.7. The molecule has 304 valence electrons. The topological polar surface area (TPSA) is 14.8 Å². The summed E-state index contributed by atoms with van der Waals surface area (Å²) in [6, 6.07) is 59.6. The summed E-state index contributed by atoms with van der Waals surface area (Å²) in [5, 5.41) is 4.02. The number of fused-ring (bicyclic) bond motifs is 12. The Morgan fingerprint density at radius 2 is 1.00 bits per heavy atom. The first kappa shape index (κ1) is 35.9. The Bertz CT molecular complexity index is 3570. The predicted molar refractivity (Wildman–Crippen MR) is 268 cm³/mol. The smallest absolute Gasteiger partial charge is 0.0538 e. The molecule has 10 aromatic rings. The van der Waals surface area contributed by atoms with Crippen LogP contribution in [0, 0.1) is 0 Å². The van der Waals surface area contributed by atoms with E-state index in [0.29, 0.717) is 0 Å². The Balaban J connectivity index is 0.998. The third-order valence-corrected chi connectivity index (χ3v) is 14.7. The minimum atomic E-state index is 0.949. The molecule has 0 saturated heterocycles. The number of allylic oxidation sites excluding steroid dienone is 3. The molecule has 3 heterocycles. The summed E-state index contributed by atoms with van der Waals surface area (Å²) in [7, 11) is 0. The lowest BCUT2D eigenvalue weighted by Crippen LogP contribution is -2.07. The van der Waals surface area contributed by atoms with Gasteiger partial charge in [-0.05, 0) is 179 Å². The summed E-state index contributed by atoms with van der Waals surface area (Å²) in [4.78, 5) is 0. The van der Waals surface area contributed by atoms with Crippen molar-refractivity contribution >= 4 is 56.5 Å². The third-order valence-electron chi connectivity index (χ3n) is 14.7. The number of nitrogens with zero attached hydrogens (tertiary/aromatic N) is 3. The van der Waals surface area contributed by atoms with Gasteiger partial charge in [0.2, 0.25) is 0 Å². The molecule has 0 atom stereocenters. The van der Waals surface area contributed by atoms with Crippen molar-refractivity contribution in [3.05, 3.63) is 220 Å². The van der Waals surface area contributed by atoms with Gasteiger partial charge in [-0.1, -0.05) is 109 Å². The van der Waals surface area contributed by atoms with Crippen molar-refractivity contribution < 1.29 is 0 Å². The molecule has 0 aliphatic heterocycles. The van der Waals surface area contributed by atoms with Crippen molar-refractivity contribution in [3.63, 3.8) is 0 Å². The predicted octanol–water partition coefficient (Wildman–Crippen LogP) is 15.2. The SMILES string of the molecule is C1=Cc2c(c3ccccc3n2-c2cc(C3=Cc4c(n(-c5ccccc5)c5ccc(-c6ccc7c(c6)-c6ccccc6C7)cc45)CC3)cc(-n3c4c(c5ccccc53)CCC=C4)c2)CC1. The van der Waals surface area contributed by atoms with Gasteiger partial charge in [-0.25, -0.2) is 0 Å². The minimum Gasteiger partial charge on any atom is -0.313 e. The van der Waals surface area contributed by atoms with Crippen molar-refractivity contribution in [2.75, 3.05) is 0 Å². The highest BCUT2D eigenvalue weighted by atomic mass is 15.0. The van der Waals surface area contributed by atoms with Crippen LogP contribution in [0.15, 0.2) is 170 Å². The van der Waals surface area contributed by atoms with E-state index in [1.165, 1.54) is 128 Å². The van der Waals surface area contributed by atoms with Crippen molar-refractivity contribution in [1.82, 2.24) is 13.7 Å². The summed E-state index contributed by atoms with van der Waals surface area (Å²) in [5.74, 6) is 0. The molecule has 64 heavy (non-hydrogen) atoms. The standard InChI is InChI=1S/C61H45N3/c1-2-15-45(16-3-1)62-60-30-28-40(39-26-27-43-32-42-14-4-5-17-48(42)53(43)35-39)36-54(60)55-37-41(29-31-61(55)62)44-33-46(63-56-22-10-6-18-49(56)50-19-7-11-23-57(50)63)38-47(34-44)64-58-24-12-8-20-51(58)52-21-9-13-25-59(52)64/h1-6,8,10-18,20,22-28,30,33-38H,7,9,19,21,29,31-32H2. The van der Waals surface area contributed by atoms with E-state index in [-0.39, 0.29) is 0 Å². The molecule has 14 rings (SSSR count). The summed E-state index contributed by atoms with van der Waals surface area (Å²) in [6.45, 7) is 0. The second-order valence-corrected chi connectivity index (χ2v) is 18.2. The van der Waals surface area contributed by atoms with Crippen LogP contribution in [-0.2, 0) is 25.7 Å². The molecule has 0 spiro atoms. The second-order valence-electron chi connectivity index (χ2n) is 18.2. The van der Waals surface area contributed by atoms with Gasteiger partial charge in [-0.15, -0.1) is 0 Å². The van der Waals surface area contributed by atoms with Gasteiger partial charge in [0, 0.05) is 55.9 Å². The fraction of sp³-hybridized carbons (Fsp3) is 0.115. The molecule has 4 aliphatic rings. The van der Waals surface area contributed by atoms with Crippen LogP contribution >= 0.6 is 0 Å². The monoisotopic (exact) mass is 819 g/mol. The van der Waals surface area contributed by atoms with E-state index in [1.54, 1.807) is 0 Å². The van der Waals surface area contributed by atoms with E-state index >= 15 is 0 Å². The molecule has 0 unspecified atom stereocenters. The third kappa shape index (κ3) is 5.34. The highest BCUT2D eigenvalue weighted by molar-refractivity contribution is 6.02. The van der Waals surface area contributed by atoms with Crippen LogP contribution in [0.2, 0.25) is 0 Å². The Labute approximate surface area is 373 Å². The zero-order valence-electron chi connectivity index (χ0n) is 35.7. The maximum Gasteiger partial charge on any atom is 0.0538 e. The average Bonchev–Trinajstić information content (AvgIpc) is 4.10. The molecule has 0 amide bonds. The summed E-state index contributed by atoms with van der Waals surface area (Å²) in [5.41, 5.74) is 26.4. The molecule has 0 N–H and O–H groups in total. The van der Waals surface area contributed by atoms with Gasteiger partial charge < -0.3 is 13.7 Å². The number of aromatic nitrogens is 3. The van der Waals surface area contributed by atoms with Crippen LogP contribution in [0.25, 0.3) is 95.8 Å². The summed E-state index contributed by atoms with van der Waals surface area (Å²) in [6.07, 6.45) is 19.2. The van der Waals surface area contributed by atoms with Crippen LogP contribution in [0.1, 0.15) is 69.7 Å².